The number of carbonyl (C=O) groups is 2. The first kappa shape index (κ1) is 29.2. The summed E-state index contributed by atoms with van der Waals surface area (Å²) in [6, 6.07) is 17.2. The standard InChI is InChI=1S/C32H29BrClFN4O4/c1-18-16-38-28(17-37(18)31(41)20-7-14-25(33)26(34)15-20)29(30(40)36-19(2)24-5-3-4-6-27(24)35)39(32(38)42)21-8-10-22(11-9-21)43-23-12-13-23/h3-11,14-15,18-19,23H,12-13,16-17H2,1-2H3,(H,36,40)/t18-,19-/m1/s1. The van der Waals surface area contributed by atoms with Gasteiger partial charge < -0.3 is 15.0 Å². The second-order valence-electron chi connectivity index (χ2n) is 11.0. The summed E-state index contributed by atoms with van der Waals surface area (Å²) in [6.45, 7) is 3.73. The van der Waals surface area contributed by atoms with Crippen molar-refractivity contribution in [3.05, 3.63) is 115 Å². The fourth-order valence-electron chi connectivity index (χ4n) is 5.38. The van der Waals surface area contributed by atoms with Gasteiger partial charge in [0.2, 0.25) is 0 Å². The molecule has 222 valence electrons. The summed E-state index contributed by atoms with van der Waals surface area (Å²) in [4.78, 5) is 43.2. The van der Waals surface area contributed by atoms with Crippen LogP contribution in [0.3, 0.4) is 0 Å². The summed E-state index contributed by atoms with van der Waals surface area (Å²) in [6.07, 6.45) is 2.23. The highest BCUT2D eigenvalue weighted by Crippen LogP contribution is 2.30. The van der Waals surface area contributed by atoms with E-state index in [2.05, 4.69) is 21.2 Å². The van der Waals surface area contributed by atoms with Crippen LogP contribution in [0.25, 0.3) is 5.69 Å². The predicted octanol–water partition coefficient (Wildman–Crippen LogP) is 6.27. The van der Waals surface area contributed by atoms with E-state index < -0.39 is 23.5 Å². The molecule has 0 radical (unpaired) electrons. The van der Waals surface area contributed by atoms with Crippen molar-refractivity contribution in [3.63, 3.8) is 0 Å². The summed E-state index contributed by atoms with van der Waals surface area (Å²) in [7, 11) is 0. The first-order chi connectivity index (χ1) is 20.6. The first-order valence-corrected chi connectivity index (χ1v) is 15.2. The van der Waals surface area contributed by atoms with Crippen LogP contribution in [0.2, 0.25) is 5.02 Å². The Hall–Kier alpha value is -3.89. The summed E-state index contributed by atoms with van der Waals surface area (Å²) >= 11 is 9.62. The van der Waals surface area contributed by atoms with Crippen LogP contribution >= 0.6 is 27.5 Å². The molecule has 2 amide bonds. The number of hydrogen-bond acceptors (Lipinski definition) is 4. The number of benzene rings is 3. The molecule has 2 heterocycles. The topological polar surface area (TPSA) is 85.6 Å². The van der Waals surface area contributed by atoms with E-state index in [1.807, 2.05) is 6.92 Å². The summed E-state index contributed by atoms with van der Waals surface area (Å²) in [5.41, 5.74) is 1.25. The average molecular weight is 668 g/mol. The lowest BCUT2D eigenvalue weighted by Gasteiger charge is -2.34. The molecule has 1 saturated carbocycles. The normalized spacial score (nSPS) is 16.9. The molecule has 1 fully saturated rings. The fourth-order valence-corrected chi connectivity index (χ4v) is 5.80. The van der Waals surface area contributed by atoms with Crippen molar-refractivity contribution in [3.8, 4) is 11.4 Å². The highest BCUT2D eigenvalue weighted by molar-refractivity contribution is 9.10. The van der Waals surface area contributed by atoms with Crippen LogP contribution in [0.4, 0.5) is 4.39 Å². The number of nitrogens with zero attached hydrogens (tertiary/aromatic N) is 3. The molecule has 3 aromatic carbocycles. The lowest BCUT2D eigenvalue weighted by atomic mass is 10.1. The molecule has 1 aliphatic heterocycles. The molecule has 0 unspecified atom stereocenters. The van der Waals surface area contributed by atoms with Crippen molar-refractivity contribution in [2.75, 3.05) is 0 Å². The van der Waals surface area contributed by atoms with Gasteiger partial charge in [-0.3, -0.25) is 18.7 Å². The summed E-state index contributed by atoms with van der Waals surface area (Å²) in [5, 5.41) is 3.27. The maximum atomic E-state index is 14.6. The molecule has 0 spiro atoms. The highest BCUT2D eigenvalue weighted by atomic mass is 79.9. The molecular weight excluding hydrogens is 639 g/mol. The molecule has 11 heteroatoms. The molecule has 0 bridgehead atoms. The van der Waals surface area contributed by atoms with Crippen molar-refractivity contribution in [2.24, 2.45) is 0 Å². The molecule has 2 aliphatic rings. The SMILES string of the molecule is C[C@@H]1Cn2c(c(C(=O)N[C@H](C)c3ccccc3F)n(-c3ccc(OC4CC4)cc3)c2=O)CN1C(=O)c1ccc(Br)c(Cl)c1. The van der Waals surface area contributed by atoms with Gasteiger partial charge in [0.1, 0.15) is 17.3 Å². The van der Waals surface area contributed by atoms with Crippen LogP contribution in [-0.4, -0.2) is 38.0 Å². The Morgan fingerprint density at radius 1 is 1.09 bits per heavy atom. The molecule has 1 aliphatic carbocycles. The Bertz CT molecular complexity index is 1780. The van der Waals surface area contributed by atoms with Gasteiger partial charge in [0.15, 0.2) is 0 Å². The smallest absolute Gasteiger partial charge is 0.333 e. The third-order valence-electron chi connectivity index (χ3n) is 7.83. The minimum Gasteiger partial charge on any atom is -0.490 e. The number of hydrogen-bond donors (Lipinski definition) is 1. The van der Waals surface area contributed by atoms with E-state index in [4.69, 9.17) is 16.3 Å². The minimum absolute atomic E-state index is 0.00955. The molecule has 4 aromatic rings. The number of fused-ring (bicyclic) bond motifs is 1. The number of ether oxygens (including phenoxy) is 1. The van der Waals surface area contributed by atoms with Gasteiger partial charge in [0, 0.05) is 28.2 Å². The van der Waals surface area contributed by atoms with Crippen molar-refractivity contribution in [2.45, 2.75) is 58.0 Å². The maximum Gasteiger partial charge on any atom is 0.333 e. The van der Waals surface area contributed by atoms with Gasteiger partial charge in [0.25, 0.3) is 11.8 Å². The number of rotatable bonds is 7. The van der Waals surface area contributed by atoms with Crippen LogP contribution in [0, 0.1) is 5.82 Å². The predicted molar refractivity (Wildman–Crippen MR) is 164 cm³/mol. The van der Waals surface area contributed by atoms with E-state index in [0.29, 0.717) is 37.8 Å². The monoisotopic (exact) mass is 666 g/mol. The van der Waals surface area contributed by atoms with E-state index >= 15 is 0 Å². The van der Waals surface area contributed by atoms with Crippen molar-refractivity contribution >= 4 is 39.3 Å². The maximum absolute atomic E-state index is 14.6. The first-order valence-electron chi connectivity index (χ1n) is 14.0. The minimum atomic E-state index is -0.688. The van der Waals surface area contributed by atoms with Gasteiger partial charge in [0.05, 0.1) is 35.1 Å². The fraction of sp³-hybridized carbons (Fsp3) is 0.281. The lowest BCUT2D eigenvalue weighted by Crippen LogP contribution is -2.47. The summed E-state index contributed by atoms with van der Waals surface area (Å²) in [5.74, 6) is -0.604. The molecule has 2 atom stereocenters. The molecule has 43 heavy (non-hydrogen) atoms. The highest BCUT2D eigenvalue weighted by Gasteiger charge is 2.36. The number of aromatic nitrogens is 2. The zero-order valence-corrected chi connectivity index (χ0v) is 25.9. The lowest BCUT2D eigenvalue weighted by molar-refractivity contribution is 0.0610. The van der Waals surface area contributed by atoms with Crippen LogP contribution in [0.5, 0.6) is 5.75 Å². The summed E-state index contributed by atoms with van der Waals surface area (Å²) < 4.78 is 24.0. The Balaban J connectivity index is 1.41. The Kier molecular flexibility index (Phi) is 7.91. The third-order valence-corrected chi connectivity index (χ3v) is 9.06. The van der Waals surface area contributed by atoms with Crippen molar-refractivity contribution in [1.82, 2.24) is 19.4 Å². The molecular formula is C32H29BrClFN4O4. The molecule has 6 rings (SSSR count). The van der Waals surface area contributed by atoms with Gasteiger partial charge in [-0.1, -0.05) is 29.8 Å². The van der Waals surface area contributed by atoms with Crippen LogP contribution in [-0.2, 0) is 13.1 Å². The van der Waals surface area contributed by atoms with E-state index in [1.165, 1.54) is 10.6 Å². The van der Waals surface area contributed by atoms with Gasteiger partial charge >= 0.3 is 5.69 Å². The van der Waals surface area contributed by atoms with Crippen molar-refractivity contribution in [1.29, 1.82) is 0 Å². The molecule has 0 saturated heterocycles. The van der Waals surface area contributed by atoms with Gasteiger partial charge in [-0.2, -0.15) is 0 Å². The van der Waals surface area contributed by atoms with Crippen LogP contribution in [0.1, 0.15) is 64.8 Å². The second kappa shape index (κ2) is 11.7. The Morgan fingerprint density at radius 2 is 1.81 bits per heavy atom. The Labute approximate surface area is 261 Å². The Morgan fingerprint density at radius 3 is 2.49 bits per heavy atom. The zero-order valence-electron chi connectivity index (χ0n) is 23.5. The second-order valence-corrected chi connectivity index (χ2v) is 12.2. The zero-order chi connectivity index (χ0) is 30.4. The quantitative estimate of drug-likeness (QED) is 0.252. The number of nitrogens with one attached hydrogen (secondary N) is 1. The van der Waals surface area contributed by atoms with E-state index in [-0.39, 0.29) is 36.8 Å². The van der Waals surface area contributed by atoms with E-state index in [1.54, 1.807) is 77.1 Å². The largest absolute Gasteiger partial charge is 0.490 e. The van der Waals surface area contributed by atoms with Gasteiger partial charge in [-0.05, 0) is 91.1 Å². The van der Waals surface area contributed by atoms with E-state index in [0.717, 1.165) is 12.8 Å². The molecule has 1 N–H and O–H groups in total. The van der Waals surface area contributed by atoms with Crippen LogP contribution in [0.15, 0.2) is 76.0 Å². The van der Waals surface area contributed by atoms with Gasteiger partial charge in [-0.25, -0.2) is 9.18 Å². The number of amides is 2. The van der Waals surface area contributed by atoms with E-state index in [9.17, 15) is 18.8 Å². The van der Waals surface area contributed by atoms with Crippen molar-refractivity contribution < 1.29 is 18.7 Å². The molecule has 8 nitrogen and oxygen atoms in total. The number of carbonyl (C=O) groups excluding carboxylic acids is 2. The average Bonchev–Trinajstić information content (AvgIpc) is 3.76. The number of halogens is 3. The molecule has 1 aromatic heterocycles. The van der Waals surface area contributed by atoms with Gasteiger partial charge in [-0.15, -0.1) is 0 Å². The third kappa shape index (κ3) is 5.73. The number of imidazole rings is 1. The van der Waals surface area contributed by atoms with Crippen LogP contribution < -0.4 is 15.7 Å².